The van der Waals surface area contributed by atoms with Crippen molar-refractivity contribution in [2.75, 3.05) is 6.26 Å². The fraction of sp³-hybridized carbons (Fsp3) is 0.381. The van der Waals surface area contributed by atoms with Crippen LogP contribution in [0.25, 0.3) is 22.3 Å². The number of sulfone groups is 1. The van der Waals surface area contributed by atoms with Gasteiger partial charge in [-0.25, -0.2) is 17.8 Å². The number of hydrogen-bond donors (Lipinski definition) is 0. The molecule has 4 rings (SSSR count). The summed E-state index contributed by atoms with van der Waals surface area (Å²) in [6, 6.07) is 7.34. The molecular weight excluding hydrogens is 393 g/mol. The van der Waals surface area contributed by atoms with Crippen molar-refractivity contribution in [3.8, 4) is 11.3 Å². The van der Waals surface area contributed by atoms with Gasteiger partial charge in [0, 0.05) is 29.3 Å². The van der Waals surface area contributed by atoms with Gasteiger partial charge in [-0.3, -0.25) is 9.36 Å². The normalized spacial score (nSPS) is 15.7. The largest absolute Gasteiger partial charge is 0.289 e. The molecule has 0 bridgehead atoms. The highest BCUT2D eigenvalue weighted by molar-refractivity contribution is 7.90. The molecule has 2 heterocycles. The molecule has 1 aliphatic rings. The van der Waals surface area contributed by atoms with E-state index in [4.69, 9.17) is 0 Å². The van der Waals surface area contributed by atoms with E-state index in [1.54, 1.807) is 23.6 Å². The minimum absolute atomic E-state index is 0.0237. The number of pyridine rings is 1. The van der Waals surface area contributed by atoms with Gasteiger partial charge < -0.3 is 0 Å². The third-order valence-corrected chi connectivity index (χ3v) is 6.32. The predicted molar refractivity (Wildman–Crippen MR) is 109 cm³/mol. The van der Waals surface area contributed by atoms with Crippen molar-refractivity contribution in [2.45, 2.75) is 50.2 Å². The summed E-state index contributed by atoms with van der Waals surface area (Å²) in [4.78, 5) is 21.4. The van der Waals surface area contributed by atoms with Crippen LogP contribution in [-0.2, 0) is 9.84 Å². The van der Waals surface area contributed by atoms with Crippen molar-refractivity contribution < 1.29 is 12.8 Å². The fourth-order valence-electron chi connectivity index (χ4n) is 4.07. The molecule has 1 aromatic carbocycles. The monoisotopic (exact) mass is 415 g/mol. The van der Waals surface area contributed by atoms with Crippen LogP contribution in [-0.4, -0.2) is 29.2 Å². The van der Waals surface area contributed by atoms with Gasteiger partial charge in [0.05, 0.1) is 5.69 Å². The molecule has 152 valence electrons. The number of hydrogen-bond acceptors (Lipinski definition) is 5. The van der Waals surface area contributed by atoms with E-state index in [-0.39, 0.29) is 22.6 Å². The van der Waals surface area contributed by atoms with Crippen molar-refractivity contribution >= 4 is 20.9 Å². The average molecular weight is 415 g/mol. The van der Waals surface area contributed by atoms with Gasteiger partial charge in [-0.15, -0.1) is 0 Å². The molecule has 0 atom stereocenters. The number of aryl methyl sites for hydroxylation is 1. The molecule has 0 saturated heterocycles. The maximum Gasteiger partial charge on any atom is 0.252 e. The molecule has 1 fully saturated rings. The Morgan fingerprint density at radius 1 is 1.07 bits per heavy atom. The quantitative estimate of drug-likeness (QED) is 0.608. The van der Waals surface area contributed by atoms with Gasteiger partial charge in [-0.05, 0) is 49.6 Å². The number of benzene rings is 1. The molecule has 6 nitrogen and oxygen atoms in total. The Morgan fingerprint density at radius 3 is 2.45 bits per heavy atom. The summed E-state index contributed by atoms with van der Waals surface area (Å²) in [5.74, 6) is -0.382. The molecule has 0 aliphatic heterocycles. The maximum atomic E-state index is 13.6. The van der Waals surface area contributed by atoms with Gasteiger partial charge in [0.2, 0.25) is 15.0 Å². The smallest absolute Gasteiger partial charge is 0.252 e. The molecule has 0 amide bonds. The van der Waals surface area contributed by atoms with Crippen LogP contribution in [0.1, 0.15) is 43.7 Å². The third kappa shape index (κ3) is 3.69. The summed E-state index contributed by atoms with van der Waals surface area (Å²) >= 11 is 0. The van der Waals surface area contributed by atoms with Crippen molar-refractivity contribution in [1.29, 1.82) is 0 Å². The Morgan fingerprint density at radius 2 is 1.79 bits per heavy atom. The molecule has 8 heteroatoms. The van der Waals surface area contributed by atoms with E-state index in [2.05, 4.69) is 9.97 Å². The van der Waals surface area contributed by atoms with Gasteiger partial charge in [0.25, 0.3) is 5.56 Å². The summed E-state index contributed by atoms with van der Waals surface area (Å²) in [6.45, 7) is 1.74. The Labute approximate surface area is 168 Å². The summed E-state index contributed by atoms with van der Waals surface area (Å²) in [7, 11) is -3.72. The van der Waals surface area contributed by atoms with Gasteiger partial charge in [0.1, 0.15) is 11.5 Å². The number of rotatable bonds is 3. The lowest BCUT2D eigenvalue weighted by Gasteiger charge is -2.25. The molecule has 0 N–H and O–H groups in total. The van der Waals surface area contributed by atoms with E-state index in [0.717, 1.165) is 38.4 Å². The van der Waals surface area contributed by atoms with Crippen LogP contribution in [0.3, 0.4) is 0 Å². The molecule has 0 radical (unpaired) electrons. The van der Waals surface area contributed by atoms with Crippen LogP contribution in [0, 0.1) is 12.7 Å². The van der Waals surface area contributed by atoms with Crippen LogP contribution in [0.5, 0.6) is 0 Å². The van der Waals surface area contributed by atoms with Crippen LogP contribution < -0.4 is 5.56 Å². The highest BCUT2D eigenvalue weighted by Crippen LogP contribution is 2.33. The molecule has 0 unspecified atom stereocenters. The highest BCUT2D eigenvalue weighted by atomic mass is 32.2. The second kappa shape index (κ2) is 7.33. The lowest BCUT2D eigenvalue weighted by atomic mass is 9.95. The predicted octanol–water partition coefficient (Wildman–Crippen LogP) is 3.81. The Balaban J connectivity index is 2.09. The highest BCUT2D eigenvalue weighted by Gasteiger charge is 2.24. The van der Waals surface area contributed by atoms with Crippen molar-refractivity contribution in [2.24, 2.45) is 0 Å². The summed E-state index contributed by atoms with van der Waals surface area (Å²) in [5, 5.41) is 0.246. The van der Waals surface area contributed by atoms with E-state index in [0.29, 0.717) is 27.9 Å². The molecule has 1 saturated carbocycles. The van der Waals surface area contributed by atoms with Crippen molar-refractivity contribution in [1.82, 2.24) is 14.5 Å². The first-order valence-corrected chi connectivity index (χ1v) is 11.5. The third-order valence-electron chi connectivity index (χ3n) is 5.48. The zero-order valence-corrected chi connectivity index (χ0v) is 17.2. The topological polar surface area (TPSA) is 81.9 Å². The van der Waals surface area contributed by atoms with E-state index in [1.807, 2.05) is 0 Å². The molecule has 1 aliphatic carbocycles. The Hall–Kier alpha value is -2.61. The number of halogens is 1. The second-order valence-electron chi connectivity index (χ2n) is 7.66. The minimum atomic E-state index is -3.72. The number of nitrogens with zero attached hydrogens (tertiary/aromatic N) is 3. The zero-order valence-electron chi connectivity index (χ0n) is 16.4. The van der Waals surface area contributed by atoms with Crippen LogP contribution in [0.2, 0.25) is 0 Å². The molecule has 3 aromatic rings. The van der Waals surface area contributed by atoms with Crippen molar-refractivity contribution in [3.63, 3.8) is 0 Å². The number of aromatic nitrogens is 3. The summed E-state index contributed by atoms with van der Waals surface area (Å²) < 4.78 is 39.8. The minimum Gasteiger partial charge on any atom is -0.289 e. The maximum absolute atomic E-state index is 13.6. The van der Waals surface area contributed by atoms with Crippen LogP contribution in [0.4, 0.5) is 4.39 Å². The SMILES string of the molecule is Cc1cc(F)ccc1-c1nc(S(C)(=O)=O)nc2c1ccc(=O)n2C1CCCCC1. The average Bonchev–Trinajstić information content (AvgIpc) is 2.67. The number of fused-ring (bicyclic) bond motifs is 1. The van der Waals surface area contributed by atoms with Crippen LogP contribution in [0.15, 0.2) is 40.3 Å². The molecule has 29 heavy (non-hydrogen) atoms. The second-order valence-corrected chi connectivity index (χ2v) is 9.57. The first-order valence-electron chi connectivity index (χ1n) is 9.65. The van der Waals surface area contributed by atoms with Gasteiger partial charge in [-0.1, -0.05) is 19.3 Å². The standard InChI is InChI=1S/C21H22FN3O3S/c1-13-12-14(22)8-9-16(13)19-17-10-11-18(26)25(15-6-4-3-5-7-15)20(17)24-21(23-19)29(2,27)28/h8-12,15H,3-7H2,1-2H3. The zero-order chi connectivity index (χ0) is 20.8. The van der Waals surface area contributed by atoms with E-state index < -0.39 is 9.84 Å². The lowest BCUT2D eigenvalue weighted by Crippen LogP contribution is -2.27. The van der Waals surface area contributed by atoms with E-state index in [1.165, 1.54) is 18.2 Å². The first-order chi connectivity index (χ1) is 13.8. The molecule has 0 spiro atoms. The van der Waals surface area contributed by atoms with Gasteiger partial charge in [-0.2, -0.15) is 4.98 Å². The van der Waals surface area contributed by atoms with Crippen LogP contribution >= 0.6 is 0 Å². The molecule has 2 aromatic heterocycles. The molecular formula is C21H22FN3O3S. The van der Waals surface area contributed by atoms with E-state index >= 15 is 0 Å². The Kier molecular flexibility index (Phi) is 4.98. The Bertz CT molecular complexity index is 1260. The first kappa shape index (κ1) is 19.7. The van der Waals surface area contributed by atoms with Crippen molar-refractivity contribution in [3.05, 3.63) is 52.1 Å². The van der Waals surface area contributed by atoms with Gasteiger partial charge in [0.15, 0.2) is 0 Å². The summed E-state index contributed by atoms with van der Waals surface area (Å²) in [5.41, 5.74) is 1.73. The van der Waals surface area contributed by atoms with Gasteiger partial charge >= 0.3 is 0 Å². The summed E-state index contributed by atoms with van der Waals surface area (Å²) in [6.07, 6.45) is 5.90. The van der Waals surface area contributed by atoms with E-state index in [9.17, 15) is 17.6 Å². The lowest BCUT2D eigenvalue weighted by molar-refractivity contribution is 0.352. The fourth-order valence-corrected chi connectivity index (χ4v) is 4.58.